The molecule has 0 saturated heterocycles. The molecule has 3 aromatic carbocycles. The second kappa shape index (κ2) is 6.89. The molecule has 0 N–H and O–H groups in total. The first-order valence-electron chi connectivity index (χ1n) is 8.42. The van der Waals surface area contributed by atoms with E-state index in [4.69, 9.17) is 4.74 Å². The van der Waals surface area contributed by atoms with Gasteiger partial charge in [-0.05, 0) is 41.6 Å². The van der Waals surface area contributed by atoms with Gasteiger partial charge in [-0.1, -0.05) is 52.3 Å². The predicted molar refractivity (Wildman–Crippen MR) is 104 cm³/mol. The summed E-state index contributed by atoms with van der Waals surface area (Å²) in [5.41, 5.74) is 2.21. The van der Waals surface area contributed by atoms with Crippen LogP contribution in [0.4, 0.5) is 5.69 Å². The van der Waals surface area contributed by atoms with Gasteiger partial charge in [0.2, 0.25) is 5.91 Å². The van der Waals surface area contributed by atoms with Gasteiger partial charge in [-0.25, -0.2) is 0 Å². The molecule has 0 fully saturated rings. The van der Waals surface area contributed by atoms with Crippen LogP contribution < -0.4 is 9.64 Å². The minimum absolute atomic E-state index is 0.163. The van der Waals surface area contributed by atoms with E-state index in [1.807, 2.05) is 41.3 Å². The Labute approximate surface area is 155 Å². The summed E-state index contributed by atoms with van der Waals surface area (Å²) in [6.45, 7) is 1.02. The van der Waals surface area contributed by atoms with Gasteiger partial charge in [-0.15, -0.1) is 0 Å². The molecule has 3 aromatic rings. The first kappa shape index (κ1) is 16.2. The lowest BCUT2D eigenvalue weighted by atomic mass is 10.0. The Morgan fingerprint density at radius 1 is 1.00 bits per heavy atom. The Balaban J connectivity index is 1.51. The topological polar surface area (TPSA) is 29.5 Å². The molecule has 0 spiro atoms. The van der Waals surface area contributed by atoms with Crippen molar-refractivity contribution in [1.29, 1.82) is 0 Å². The number of aryl methyl sites for hydroxylation is 1. The summed E-state index contributed by atoms with van der Waals surface area (Å²) in [5, 5.41) is 2.25. The number of halogens is 1. The largest absolute Gasteiger partial charge is 0.491 e. The van der Waals surface area contributed by atoms with Gasteiger partial charge in [-0.3, -0.25) is 4.79 Å². The number of hydrogen-bond acceptors (Lipinski definition) is 2. The zero-order chi connectivity index (χ0) is 17.2. The number of benzene rings is 3. The van der Waals surface area contributed by atoms with Crippen LogP contribution in [0, 0.1) is 0 Å². The molecular formula is C21H18BrNO2. The highest BCUT2D eigenvalue weighted by Crippen LogP contribution is 2.30. The van der Waals surface area contributed by atoms with Crippen LogP contribution in [0.3, 0.4) is 0 Å². The fourth-order valence-corrected chi connectivity index (χ4v) is 3.75. The van der Waals surface area contributed by atoms with Gasteiger partial charge in [-0.2, -0.15) is 0 Å². The van der Waals surface area contributed by atoms with Gasteiger partial charge in [0.25, 0.3) is 0 Å². The van der Waals surface area contributed by atoms with E-state index in [9.17, 15) is 4.79 Å². The average Bonchev–Trinajstić information content (AvgIpc) is 2.64. The van der Waals surface area contributed by atoms with Crippen molar-refractivity contribution in [3.63, 3.8) is 0 Å². The highest BCUT2D eigenvalue weighted by molar-refractivity contribution is 9.10. The minimum atomic E-state index is 0.163. The highest BCUT2D eigenvalue weighted by Gasteiger charge is 2.24. The van der Waals surface area contributed by atoms with Crippen LogP contribution in [-0.4, -0.2) is 19.1 Å². The summed E-state index contributed by atoms with van der Waals surface area (Å²) >= 11 is 3.50. The molecule has 3 nitrogen and oxygen atoms in total. The van der Waals surface area contributed by atoms with Crippen LogP contribution in [-0.2, 0) is 11.2 Å². The van der Waals surface area contributed by atoms with Crippen LogP contribution in [0.25, 0.3) is 10.8 Å². The molecule has 0 radical (unpaired) electrons. The number of ether oxygens (including phenoxy) is 1. The number of amides is 1. The Morgan fingerprint density at radius 3 is 2.76 bits per heavy atom. The maximum absolute atomic E-state index is 12.4. The lowest BCUT2D eigenvalue weighted by molar-refractivity contribution is -0.119. The Bertz CT molecular complexity index is 933. The fourth-order valence-electron chi connectivity index (χ4n) is 3.34. The number of fused-ring (bicyclic) bond motifs is 2. The molecule has 0 atom stereocenters. The van der Waals surface area contributed by atoms with Crippen LogP contribution >= 0.6 is 15.9 Å². The molecule has 126 valence electrons. The molecule has 1 amide bonds. The van der Waals surface area contributed by atoms with Gasteiger partial charge < -0.3 is 9.64 Å². The van der Waals surface area contributed by atoms with E-state index in [-0.39, 0.29) is 5.91 Å². The number of rotatable bonds is 4. The standard InChI is InChI=1S/C21H18BrNO2/c22-17-9-10-19-16(14-17)8-11-21(24)23(19)12-13-25-20-7-3-5-15-4-1-2-6-18(15)20/h1-7,9-10,14H,8,11-13H2. The fraction of sp³-hybridized carbons (Fsp3) is 0.190. The van der Waals surface area contributed by atoms with Crippen molar-refractivity contribution in [3.8, 4) is 5.75 Å². The van der Waals surface area contributed by atoms with E-state index in [0.29, 0.717) is 19.6 Å². The molecular weight excluding hydrogens is 378 g/mol. The Hall–Kier alpha value is -2.33. The van der Waals surface area contributed by atoms with E-state index in [0.717, 1.165) is 33.1 Å². The number of hydrogen-bond donors (Lipinski definition) is 0. The predicted octanol–water partition coefficient (Wildman–Crippen LogP) is 4.96. The van der Waals surface area contributed by atoms with E-state index in [2.05, 4.69) is 40.2 Å². The first-order chi connectivity index (χ1) is 12.2. The molecule has 0 unspecified atom stereocenters. The molecule has 0 aromatic heterocycles. The molecule has 0 bridgehead atoms. The highest BCUT2D eigenvalue weighted by atomic mass is 79.9. The van der Waals surface area contributed by atoms with Crippen molar-refractivity contribution in [2.45, 2.75) is 12.8 Å². The molecule has 0 aliphatic carbocycles. The average molecular weight is 396 g/mol. The summed E-state index contributed by atoms with van der Waals surface area (Å²) in [7, 11) is 0. The van der Waals surface area contributed by atoms with Gasteiger partial charge >= 0.3 is 0 Å². The van der Waals surface area contributed by atoms with E-state index in [1.54, 1.807) is 0 Å². The molecule has 4 rings (SSSR count). The molecule has 1 heterocycles. The van der Waals surface area contributed by atoms with Gasteiger partial charge in [0, 0.05) is 22.0 Å². The maximum Gasteiger partial charge on any atom is 0.227 e. The molecule has 4 heteroatoms. The minimum Gasteiger partial charge on any atom is -0.491 e. The van der Waals surface area contributed by atoms with Crippen molar-refractivity contribution < 1.29 is 9.53 Å². The van der Waals surface area contributed by atoms with E-state index in [1.165, 1.54) is 5.56 Å². The van der Waals surface area contributed by atoms with Gasteiger partial charge in [0.15, 0.2) is 0 Å². The van der Waals surface area contributed by atoms with Crippen LogP contribution in [0.15, 0.2) is 65.1 Å². The SMILES string of the molecule is O=C1CCc2cc(Br)ccc2N1CCOc1cccc2ccccc12. The van der Waals surface area contributed by atoms with E-state index < -0.39 is 0 Å². The second-order valence-electron chi connectivity index (χ2n) is 6.14. The zero-order valence-electron chi connectivity index (χ0n) is 13.7. The van der Waals surface area contributed by atoms with Crippen LogP contribution in [0.5, 0.6) is 5.75 Å². The zero-order valence-corrected chi connectivity index (χ0v) is 15.3. The third-order valence-corrected chi connectivity index (χ3v) is 5.06. The second-order valence-corrected chi connectivity index (χ2v) is 7.06. The molecule has 1 aliphatic rings. The lowest BCUT2D eigenvalue weighted by Crippen LogP contribution is -2.38. The summed E-state index contributed by atoms with van der Waals surface area (Å²) in [5.74, 6) is 1.02. The number of carbonyl (C=O) groups is 1. The Kier molecular flexibility index (Phi) is 4.45. The monoisotopic (exact) mass is 395 g/mol. The molecule has 0 saturated carbocycles. The van der Waals surface area contributed by atoms with Crippen molar-refractivity contribution in [3.05, 3.63) is 70.7 Å². The third kappa shape index (κ3) is 3.27. The molecule has 1 aliphatic heterocycles. The van der Waals surface area contributed by atoms with Crippen LogP contribution in [0.2, 0.25) is 0 Å². The first-order valence-corrected chi connectivity index (χ1v) is 9.21. The number of nitrogens with zero attached hydrogens (tertiary/aromatic N) is 1. The van der Waals surface area contributed by atoms with Crippen molar-refractivity contribution >= 4 is 38.3 Å². The van der Waals surface area contributed by atoms with Crippen molar-refractivity contribution in [1.82, 2.24) is 0 Å². The quantitative estimate of drug-likeness (QED) is 0.624. The summed E-state index contributed by atoms with van der Waals surface area (Å²) in [6.07, 6.45) is 1.35. The normalized spacial score (nSPS) is 13.8. The lowest BCUT2D eigenvalue weighted by Gasteiger charge is -2.29. The van der Waals surface area contributed by atoms with Gasteiger partial charge in [0.05, 0.1) is 6.54 Å². The smallest absolute Gasteiger partial charge is 0.227 e. The van der Waals surface area contributed by atoms with Crippen molar-refractivity contribution in [2.24, 2.45) is 0 Å². The Morgan fingerprint density at radius 2 is 1.84 bits per heavy atom. The number of carbonyl (C=O) groups excluding carboxylic acids is 1. The maximum atomic E-state index is 12.4. The third-order valence-electron chi connectivity index (χ3n) is 4.56. The summed E-state index contributed by atoms with van der Waals surface area (Å²) in [4.78, 5) is 14.2. The van der Waals surface area contributed by atoms with Crippen LogP contribution in [0.1, 0.15) is 12.0 Å². The van der Waals surface area contributed by atoms with Crippen molar-refractivity contribution in [2.75, 3.05) is 18.1 Å². The molecule has 25 heavy (non-hydrogen) atoms. The number of anilines is 1. The summed E-state index contributed by atoms with van der Waals surface area (Å²) < 4.78 is 7.05. The van der Waals surface area contributed by atoms with Gasteiger partial charge in [0.1, 0.15) is 12.4 Å². The summed E-state index contributed by atoms with van der Waals surface area (Å²) in [6, 6.07) is 20.3. The van der Waals surface area contributed by atoms with E-state index >= 15 is 0 Å².